The number of nitrogens with one attached hydrogen (secondary N) is 2. The van der Waals surface area contributed by atoms with Crippen molar-refractivity contribution in [2.24, 2.45) is 0 Å². The van der Waals surface area contributed by atoms with Crippen molar-refractivity contribution in [1.82, 2.24) is 20.2 Å². The van der Waals surface area contributed by atoms with E-state index in [1.807, 2.05) is 24.3 Å². The molecule has 27 heavy (non-hydrogen) atoms. The average molecular weight is 447 g/mol. The SMILES string of the molecule is C=CC(O)c1ccccc1-c1ncc(Cl)c(Nc2n[nH]c(C3CC3)c2Br)n1. The van der Waals surface area contributed by atoms with Gasteiger partial charge in [0.2, 0.25) is 0 Å². The van der Waals surface area contributed by atoms with Crippen molar-refractivity contribution in [3.05, 3.63) is 63.9 Å². The molecule has 6 nitrogen and oxygen atoms in total. The van der Waals surface area contributed by atoms with E-state index in [1.54, 1.807) is 0 Å². The van der Waals surface area contributed by atoms with Gasteiger partial charge in [-0.05, 0) is 34.3 Å². The Morgan fingerprint density at radius 2 is 2.11 bits per heavy atom. The number of anilines is 2. The molecule has 1 saturated carbocycles. The van der Waals surface area contributed by atoms with Gasteiger partial charge in [-0.1, -0.05) is 41.9 Å². The van der Waals surface area contributed by atoms with Gasteiger partial charge in [0.05, 0.1) is 22.5 Å². The molecule has 0 spiro atoms. The maximum absolute atomic E-state index is 10.2. The topological polar surface area (TPSA) is 86.7 Å². The van der Waals surface area contributed by atoms with Gasteiger partial charge in [0.1, 0.15) is 5.02 Å². The highest BCUT2D eigenvalue weighted by Gasteiger charge is 2.29. The molecule has 0 saturated heterocycles. The molecule has 1 aliphatic rings. The van der Waals surface area contributed by atoms with Gasteiger partial charge in [-0.2, -0.15) is 5.10 Å². The van der Waals surface area contributed by atoms with Gasteiger partial charge in [-0.25, -0.2) is 9.97 Å². The first-order valence-corrected chi connectivity index (χ1v) is 9.68. The Labute approximate surface area is 169 Å². The Balaban J connectivity index is 1.69. The van der Waals surface area contributed by atoms with Crippen LogP contribution < -0.4 is 5.32 Å². The van der Waals surface area contributed by atoms with Crippen LogP contribution in [0.5, 0.6) is 0 Å². The maximum Gasteiger partial charge on any atom is 0.168 e. The van der Waals surface area contributed by atoms with Gasteiger partial charge in [-0.15, -0.1) is 6.58 Å². The molecule has 2 heterocycles. The van der Waals surface area contributed by atoms with E-state index in [0.29, 0.717) is 39.5 Å². The molecule has 1 unspecified atom stereocenters. The molecule has 0 amide bonds. The lowest BCUT2D eigenvalue weighted by Crippen LogP contribution is -2.02. The van der Waals surface area contributed by atoms with Crippen molar-refractivity contribution in [3.63, 3.8) is 0 Å². The third-order valence-corrected chi connectivity index (χ3v) is 5.52. The lowest BCUT2D eigenvalue weighted by Gasteiger charge is -2.13. The number of rotatable bonds is 6. The van der Waals surface area contributed by atoms with Crippen molar-refractivity contribution < 1.29 is 5.11 Å². The van der Waals surface area contributed by atoms with Crippen LogP contribution in [0.15, 0.2) is 47.6 Å². The van der Waals surface area contributed by atoms with Crippen LogP contribution in [-0.4, -0.2) is 25.3 Å². The van der Waals surface area contributed by atoms with E-state index in [1.165, 1.54) is 25.1 Å². The van der Waals surface area contributed by atoms with Crippen LogP contribution in [0.3, 0.4) is 0 Å². The normalized spacial score (nSPS) is 14.8. The molecule has 0 radical (unpaired) electrons. The minimum Gasteiger partial charge on any atom is -0.384 e. The first-order valence-electron chi connectivity index (χ1n) is 8.51. The van der Waals surface area contributed by atoms with Gasteiger partial charge in [0.15, 0.2) is 17.5 Å². The molecule has 138 valence electrons. The number of nitrogens with zero attached hydrogens (tertiary/aromatic N) is 3. The molecule has 0 bridgehead atoms. The summed E-state index contributed by atoms with van der Waals surface area (Å²) in [4.78, 5) is 8.88. The standard InChI is InChI=1S/C19H17BrClN5O/c1-2-14(27)11-5-3-4-6-12(11)17-22-9-13(21)18(23-17)24-19-15(20)16(25-26-19)10-7-8-10/h2-6,9-10,14,27H,1,7-8H2,(H2,22,23,24,25,26). The number of hydrogen-bond donors (Lipinski definition) is 3. The summed E-state index contributed by atoms with van der Waals surface area (Å²) in [5.74, 6) is 2.06. The molecule has 3 N–H and O–H groups in total. The third-order valence-electron chi connectivity index (χ3n) is 4.44. The van der Waals surface area contributed by atoms with E-state index in [4.69, 9.17) is 11.6 Å². The number of aliphatic hydroxyl groups excluding tert-OH is 1. The fourth-order valence-corrected chi connectivity index (χ4v) is 3.59. The van der Waals surface area contributed by atoms with Crippen LogP contribution in [0.2, 0.25) is 5.02 Å². The lowest BCUT2D eigenvalue weighted by atomic mass is 10.0. The Morgan fingerprint density at radius 1 is 1.33 bits per heavy atom. The summed E-state index contributed by atoms with van der Waals surface area (Å²) in [6.45, 7) is 3.65. The van der Waals surface area contributed by atoms with Gasteiger partial charge >= 0.3 is 0 Å². The Bertz CT molecular complexity index is 1000. The van der Waals surface area contributed by atoms with Gasteiger partial charge in [0, 0.05) is 11.5 Å². The minimum atomic E-state index is -0.807. The highest BCUT2D eigenvalue weighted by molar-refractivity contribution is 9.10. The van der Waals surface area contributed by atoms with Crippen molar-refractivity contribution >= 4 is 39.2 Å². The zero-order valence-electron chi connectivity index (χ0n) is 14.3. The number of aromatic amines is 1. The molecule has 1 fully saturated rings. The van der Waals surface area contributed by atoms with Crippen LogP contribution in [-0.2, 0) is 0 Å². The Morgan fingerprint density at radius 3 is 2.85 bits per heavy atom. The number of halogens is 2. The summed E-state index contributed by atoms with van der Waals surface area (Å²) in [5, 5.41) is 21.1. The molecule has 0 aliphatic heterocycles. The zero-order chi connectivity index (χ0) is 19.0. The van der Waals surface area contributed by atoms with Crippen molar-refractivity contribution in [2.75, 3.05) is 5.32 Å². The summed E-state index contributed by atoms with van der Waals surface area (Å²) >= 11 is 9.88. The fourth-order valence-electron chi connectivity index (χ4n) is 2.85. The van der Waals surface area contributed by atoms with Crippen LogP contribution in [0.4, 0.5) is 11.6 Å². The van der Waals surface area contributed by atoms with E-state index < -0.39 is 6.10 Å². The van der Waals surface area contributed by atoms with Crippen molar-refractivity contribution in [1.29, 1.82) is 0 Å². The third kappa shape index (κ3) is 3.63. The van der Waals surface area contributed by atoms with Crippen LogP contribution in [0.1, 0.15) is 36.1 Å². The first kappa shape index (κ1) is 18.2. The number of aromatic nitrogens is 4. The molecule has 3 aromatic rings. The molecule has 8 heteroatoms. The summed E-state index contributed by atoms with van der Waals surface area (Å²) in [5.41, 5.74) is 2.48. The second kappa shape index (κ2) is 7.42. The maximum atomic E-state index is 10.2. The van der Waals surface area contributed by atoms with E-state index >= 15 is 0 Å². The summed E-state index contributed by atoms with van der Waals surface area (Å²) in [6.07, 6.45) is 4.53. The van der Waals surface area contributed by atoms with Crippen LogP contribution in [0, 0.1) is 0 Å². The fraction of sp³-hybridized carbons (Fsp3) is 0.211. The molecule has 2 aromatic heterocycles. The number of aliphatic hydroxyl groups is 1. The summed E-state index contributed by atoms with van der Waals surface area (Å²) in [7, 11) is 0. The average Bonchev–Trinajstić information content (AvgIpc) is 3.47. The van der Waals surface area contributed by atoms with Gasteiger partial charge in [0.25, 0.3) is 0 Å². The molecular formula is C19H17BrClN5O. The molecule has 1 atom stereocenters. The van der Waals surface area contributed by atoms with Gasteiger partial charge in [-0.3, -0.25) is 5.10 Å². The minimum absolute atomic E-state index is 0.378. The summed E-state index contributed by atoms with van der Waals surface area (Å²) < 4.78 is 0.892. The van der Waals surface area contributed by atoms with Crippen LogP contribution >= 0.6 is 27.5 Å². The zero-order valence-corrected chi connectivity index (χ0v) is 16.6. The van der Waals surface area contributed by atoms with Gasteiger partial charge < -0.3 is 10.4 Å². The number of H-pyrrole nitrogens is 1. The largest absolute Gasteiger partial charge is 0.384 e. The predicted molar refractivity (Wildman–Crippen MR) is 109 cm³/mol. The predicted octanol–water partition coefficient (Wildman–Crippen LogP) is 5.12. The summed E-state index contributed by atoms with van der Waals surface area (Å²) in [6, 6.07) is 7.39. The van der Waals surface area contributed by atoms with E-state index in [9.17, 15) is 5.11 Å². The molecular weight excluding hydrogens is 430 g/mol. The second-order valence-electron chi connectivity index (χ2n) is 6.36. The first-order chi connectivity index (χ1) is 13.1. The molecule has 1 aromatic carbocycles. The molecule has 4 rings (SSSR count). The highest BCUT2D eigenvalue weighted by Crippen LogP contribution is 2.44. The quantitative estimate of drug-likeness (QED) is 0.457. The van der Waals surface area contributed by atoms with E-state index in [-0.39, 0.29) is 0 Å². The molecule has 1 aliphatic carbocycles. The smallest absolute Gasteiger partial charge is 0.168 e. The Hall–Kier alpha value is -2.22. The van der Waals surface area contributed by atoms with E-state index in [2.05, 4.69) is 48.0 Å². The van der Waals surface area contributed by atoms with Crippen molar-refractivity contribution in [2.45, 2.75) is 24.9 Å². The monoisotopic (exact) mass is 445 g/mol. The van der Waals surface area contributed by atoms with E-state index in [0.717, 1.165) is 10.2 Å². The van der Waals surface area contributed by atoms with Crippen LogP contribution in [0.25, 0.3) is 11.4 Å². The lowest BCUT2D eigenvalue weighted by molar-refractivity contribution is 0.229. The highest BCUT2D eigenvalue weighted by atomic mass is 79.9. The number of benzene rings is 1. The second-order valence-corrected chi connectivity index (χ2v) is 7.56. The van der Waals surface area contributed by atoms with Crippen molar-refractivity contribution in [3.8, 4) is 11.4 Å². The number of hydrogen-bond acceptors (Lipinski definition) is 5. The Kier molecular flexibility index (Phi) is 4.99.